The second-order valence-electron chi connectivity index (χ2n) is 4.82. The second kappa shape index (κ2) is 5.71. The number of ether oxygens (including phenoxy) is 1. The van der Waals surface area contributed by atoms with Gasteiger partial charge in [0, 0.05) is 26.9 Å². The second-order valence-corrected chi connectivity index (χ2v) is 6.07. The van der Waals surface area contributed by atoms with Gasteiger partial charge in [0.15, 0.2) is 0 Å². The van der Waals surface area contributed by atoms with Gasteiger partial charge in [-0.1, -0.05) is 6.92 Å². The maximum atomic E-state index is 5.55. The molecule has 20 heavy (non-hydrogen) atoms. The van der Waals surface area contributed by atoms with E-state index in [2.05, 4.69) is 48.0 Å². The highest BCUT2D eigenvalue weighted by Gasteiger charge is 2.05. The van der Waals surface area contributed by atoms with Crippen molar-refractivity contribution in [2.24, 2.45) is 0 Å². The topological polar surface area (TPSA) is 14.2 Å². The monoisotopic (exact) mass is 285 g/mol. The highest BCUT2D eigenvalue weighted by molar-refractivity contribution is 7.11. The minimum atomic E-state index is 0.710. The summed E-state index contributed by atoms with van der Waals surface area (Å²) in [6, 6.07) is 12.9. The number of fused-ring (bicyclic) bond motifs is 1. The Labute approximate surface area is 123 Å². The Bertz CT molecular complexity index is 711. The maximum absolute atomic E-state index is 5.55. The van der Waals surface area contributed by atoms with Crippen LogP contribution in [0.1, 0.15) is 23.6 Å². The summed E-state index contributed by atoms with van der Waals surface area (Å²) in [6.07, 6.45) is 3.28. The fourth-order valence-electron chi connectivity index (χ4n) is 2.44. The molecule has 0 amide bonds. The lowest BCUT2D eigenvalue weighted by Gasteiger charge is -2.05. The van der Waals surface area contributed by atoms with Crippen LogP contribution in [0.2, 0.25) is 0 Å². The highest BCUT2D eigenvalue weighted by Crippen LogP contribution is 2.24. The maximum Gasteiger partial charge on any atom is 0.120 e. The molecule has 0 atom stereocenters. The van der Waals surface area contributed by atoms with E-state index >= 15 is 0 Å². The van der Waals surface area contributed by atoms with Crippen molar-refractivity contribution < 1.29 is 4.74 Å². The van der Waals surface area contributed by atoms with Gasteiger partial charge in [0.25, 0.3) is 0 Å². The summed E-state index contributed by atoms with van der Waals surface area (Å²) in [5.41, 5.74) is 1.26. The number of hydrogen-bond donors (Lipinski definition) is 0. The van der Waals surface area contributed by atoms with Gasteiger partial charge in [-0.25, -0.2) is 0 Å². The third-order valence-electron chi connectivity index (χ3n) is 3.45. The fourth-order valence-corrected chi connectivity index (χ4v) is 3.39. The van der Waals surface area contributed by atoms with Gasteiger partial charge in [-0.3, -0.25) is 0 Å². The molecule has 0 spiro atoms. The van der Waals surface area contributed by atoms with Gasteiger partial charge < -0.3 is 9.30 Å². The lowest BCUT2D eigenvalue weighted by molar-refractivity contribution is 0.340. The molecule has 0 aliphatic carbocycles. The van der Waals surface area contributed by atoms with Gasteiger partial charge in [0.05, 0.1) is 13.2 Å². The summed E-state index contributed by atoms with van der Waals surface area (Å²) in [5, 5.41) is 1.24. The molecule has 0 saturated carbocycles. The molecule has 1 aromatic carbocycles. The summed E-state index contributed by atoms with van der Waals surface area (Å²) in [7, 11) is 0. The van der Waals surface area contributed by atoms with Crippen LogP contribution in [0.15, 0.2) is 42.6 Å². The number of aryl methyl sites for hydroxylation is 1. The van der Waals surface area contributed by atoms with Crippen LogP contribution >= 0.6 is 11.3 Å². The molecule has 0 radical (unpaired) electrons. The van der Waals surface area contributed by atoms with Crippen LogP contribution in [-0.4, -0.2) is 11.2 Å². The average Bonchev–Trinajstić information content (AvgIpc) is 3.07. The van der Waals surface area contributed by atoms with Crippen molar-refractivity contribution in [1.29, 1.82) is 0 Å². The molecule has 0 aliphatic rings. The number of aromatic nitrogens is 1. The molecule has 3 rings (SSSR count). The van der Waals surface area contributed by atoms with Crippen molar-refractivity contribution >= 4 is 22.2 Å². The van der Waals surface area contributed by atoms with Crippen molar-refractivity contribution in [2.45, 2.75) is 26.8 Å². The quantitative estimate of drug-likeness (QED) is 0.662. The molecule has 0 aliphatic heterocycles. The first kappa shape index (κ1) is 13.3. The smallest absolute Gasteiger partial charge is 0.120 e. The van der Waals surface area contributed by atoms with E-state index in [4.69, 9.17) is 4.74 Å². The first-order valence-corrected chi connectivity index (χ1v) is 7.91. The molecule has 0 saturated heterocycles. The summed E-state index contributed by atoms with van der Waals surface area (Å²) in [4.78, 5) is 2.86. The van der Waals surface area contributed by atoms with Gasteiger partial charge in [0.2, 0.25) is 0 Å². The molecular formula is C17H19NOS. The van der Waals surface area contributed by atoms with Crippen LogP contribution in [-0.2, 0) is 13.0 Å². The molecule has 2 aromatic heterocycles. The third kappa shape index (κ3) is 2.59. The van der Waals surface area contributed by atoms with Crippen LogP contribution in [0.3, 0.4) is 0 Å². The highest BCUT2D eigenvalue weighted by atomic mass is 32.1. The summed E-state index contributed by atoms with van der Waals surface area (Å²) in [5.74, 6) is 0.946. The number of nitrogens with zero attached hydrogens (tertiary/aromatic N) is 1. The zero-order valence-corrected chi connectivity index (χ0v) is 12.7. The summed E-state index contributed by atoms with van der Waals surface area (Å²) in [6.45, 7) is 5.87. The number of thiophene rings is 1. The Morgan fingerprint density at radius 1 is 1.05 bits per heavy atom. The summed E-state index contributed by atoms with van der Waals surface area (Å²) < 4.78 is 7.85. The third-order valence-corrected chi connectivity index (χ3v) is 4.66. The van der Waals surface area contributed by atoms with Crippen LogP contribution in [0.5, 0.6) is 5.75 Å². The largest absolute Gasteiger partial charge is 0.494 e. The standard InChI is InChI=1S/C17H19NOS/c1-3-15-6-7-16(20-15)12-18-10-9-13-11-14(19-4-2)5-8-17(13)18/h5-11H,3-4,12H2,1-2H3. The Balaban J connectivity index is 1.88. The van der Waals surface area contributed by atoms with Crippen LogP contribution in [0, 0.1) is 0 Å². The van der Waals surface area contributed by atoms with Gasteiger partial charge in [-0.05, 0) is 49.7 Å². The van der Waals surface area contributed by atoms with Crippen molar-refractivity contribution in [1.82, 2.24) is 4.57 Å². The van der Waals surface area contributed by atoms with Crippen molar-refractivity contribution in [2.75, 3.05) is 6.61 Å². The molecule has 0 fully saturated rings. The predicted molar refractivity (Wildman–Crippen MR) is 85.9 cm³/mol. The zero-order chi connectivity index (χ0) is 13.9. The van der Waals surface area contributed by atoms with E-state index in [-0.39, 0.29) is 0 Å². The Kier molecular flexibility index (Phi) is 3.79. The fraction of sp³-hybridized carbons (Fsp3) is 0.294. The van der Waals surface area contributed by atoms with E-state index < -0.39 is 0 Å². The van der Waals surface area contributed by atoms with Gasteiger partial charge in [-0.2, -0.15) is 0 Å². The van der Waals surface area contributed by atoms with E-state index in [9.17, 15) is 0 Å². The molecule has 0 N–H and O–H groups in total. The van der Waals surface area contributed by atoms with Gasteiger partial charge >= 0.3 is 0 Å². The molecule has 2 nitrogen and oxygen atoms in total. The average molecular weight is 285 g/mol. The van der Waals surface area contributed by atoms with Gasteiger partial charge in [0.1, 0.15) is 5.75 Å². The summed E-state index contributed by atoms with van der Waals surface area (Å²) >= 11 is 1.91. The van der Waals surface area contributed by atoms with Crippen LogP contribution in [0.4, 0.5) is 0 Å². The zero-order valence-electron chi connectivity index (χ0n) is 11.9. The van der Waals surface area contributed by atoms with Crippen molar-refractivity contribution in [3.8, 4) is 5.75 Å². The normalized spacial score (nSPS) is 11.1. The van der Waals surface area contributed by atoms with Crippen molar-refractivity contribution in [3.05, 3.63) is 52.3 Å². The molecule has 0 bridgehead atoms. The van der Waals surface area contributed by atoms with E-state index in [0.29, 0.717) is 6.61 Å². The number of rotatable bonds is 5. The van der Waals surface area contributed by atoms with E-state index in [1.165, 1.54) is 20.7 Å². The van der Waals surface area contributed by atoms with E-state index in [0.717, 1.165) is 18.7 Å². The Morgan fingerprint density at radius 3 is 2.65 bits per heavy atom. The number of benzene rings is 1. The van der Waals surface area contributed by atoms with E-state index in [1.807, 2.05) is 24.3 Å². The van der Waals surface area contributed by atoms with Crippen LogP contribution in [0.25, 0.3) is 10.9 Å². The van der Waals surface area contributed by atoms with Crippen molar-refractivity contribution in [3.63, 3.8) is 0 Å². The molecule has 104 valence electrons. The molecule has 0 unspecified atom stereocenters. The first-order valence-electron chi connectivity index (χ1n) is 7.09. The predicted octanol–water partition coefficient (Wildman–Crippen LogP) is 4.71. The SMILES string of the molecule is CCOc1ccc2c(ccn2Cc2ccc(CC)s2)c1. The first-order chi connectivity index (χ1) is 9.80. The lowest BCUT2D eigenvalue weighted by atomic mass is 10.2. The van der Waals surface area contributed by atoms with Crippen LogP contribution < -0.4 is 4.74 Å². The molecule has 2 heterocycles. The lowest BCUT2D eigenvalue weighted by Crippen LogP contribution is -1.95. The molecule has 3 heteroatoms. The minimum Gasteiger partial charge on any atom is -0.494 e. The minimum absolute atomic E-state index is 0.710. The molecular weight excluding hydrogens is 266 g/mol. The molecule has 3 aromatic rings. The Hall–Kier alpha value is -1.74. The van der Waals surface area contributed by atoms with Gasteiger partial charge in [-0.15, -0.1) is 11.3 Å². The Morgan fingerprint density at radius 2 is 1.90 bits per heavy atom. The number of hydrogen-bond acceptors (Lipinski definition) is 2. The van der Waals surface area contributed by atoms with E-state index in [1.54, 1.807) is 0 Å².